The van der Waals surface area contributed by atoms with Gasteiger partial charge in [0, 0.05) is 26.7 Å². The Hall–Kier alpha value is -2.64. The summed E-state index contributed by atoms with van der Waals surface area (Å²) in [6.07, 6.45) is 3.82. The normalized spacial score (nSPS) is 18.1. The first-order chi connectivity index (χ1) is 12.9. The van der Waals surface area contributed by atoms with Crippen LogP contribution in [-0.4, -0.2) is 53.4 Å². The first kappa shape index (κ1) is 19.1. The third-order valence-corrected chi connectivity index (χ3v) is 5.22. The Labute approximate surface area is 157 Å². The van der Waals surface area contributed by atoms with Crippen molar-refractivity contribution in [2.75, 3.05) is 20.1 Å². The van der Waals surface area contributed by atoms with Gasteiger partial charge < -0.3 is 15.5 Å². The molecule has 1 heterocycles. The molecule has 1 saturated carbocycles. The highest BCUT2D eigenvalue weighted by atomic mass is 19.1. The lowest BCUT2D eigenvalue weighted by Crippen LogP contribution is -2.44. The van der Waals surface area contributed by atoms with Crippen LogP contribution in [0.4, 0.5) is 14.0 Å². The molecular formula is C19H25FN4O3. The number of nitrogens with zero attached hydrogens (tertiary/aromatic N) is 2. The van der Waals surface area contributed by atoms with Crippen LogP contribution in [-0.2, 0) is 11.3 Å². The molecule has 146 valence electrons. The van der Waals surface area contributed by atoms with Crippen molar-refractivity contribution in [3.63, 3.8) is 0 Å². The van der Waals surface area contributed by atoms with Crippen LogP contribution < -0.4 is 10.6 Å². The number of carbonyl (C=O) groups is 3. The third-order valence-electron chi connectivity index (χ3n) is 5.22. The Morgan fingerprint density at radius 2 is 1.93 bits per heavy atom. The molecule has 1 aromatic rings. The minimum atomic E-state index is -0.685. The molecule has 8 heteroatoms. The van der Waals surface area contributed by atoms with Gasteiger partial charge in [-0.25, -0.2) is 14.0 Å². The van der Waals surface area contributed by atoms with Gasteiger partial charge in [-0.05, 0) is 37.0 Å². The summed E-state index contributed by atoms with van der Waals surface area (Å²) in [4.78, 5) is 39.5. The van der Waals surface area contributed by atoms with Crippen molar-refractivity contribution in [2.24, 2.45) is 0 Å². The lowest BCUT2D eigenvalue weighted by Gasteiger charge is -2.20. The molecule has 1 aliphatic heterocycles. The standard InChI is InChI=1S/C19H25FN4O3/c1-23(13-14-5-7-15(20)8-6-14)17(26)21-11-4-12-24-16(25)19(22-18(24)27)9-2-3-10-19/h5-8H,2-4,9-13H2,1H3,(H,21,26)(H,22,27). The zero-order valence-corrected chi connectivity index (χ0v) is 15.5. The maximum atomic E-state index is 12.9. The van der Waals surface area contributed by atoms with E-state index in [1.54, 1.807) is 19.2 Å². The summed E-state index contributed by atoms with van der Waals surface area (Å²) in [5, 5.41) is 5.62. The molecule has 0 aromatic heterocycles. The van der Waals surface area contributed by atoms with Crippen LogP contribution in [0.2, 0.25) is 0 Å². The number of hydrogen-bond acceptors (Lipinski definition) is 3. The van der Waals surface area contributed by atoms with Gasteiger partial charge in [-0.3, -0.25) is 9.69 Å². The van der Waals surface area contributed by atoms with E-state index >= 15 is 0 Å². The van der Waals surface area contributed by atoms with Gasteiger partial charge in [0.25, 0.3) is 5.91 Å². The Kier molecular flexibility index (Phi) is 5.62. The number of benzene rings is 1. The van der Waals surface area contributed by atoms with Crippen molar-refractivity contribution >= 4 is 18.0 Å². The van der Waals surface area contributed by atoms with Crippen molar-refractivity contribution in [3.05, 3.63) is 35.6 Å². The summed E-state index contributed by atoms with van der Waals surface area (Å²) in [6.45, 7) is 1.01. The van der Waals surface area contributed by atoms with Crippen molar-refractivity contribution in [3.8, 4) is 0 Å². The summed E-state index contributed by atoms with van der Waals surface area (Å²) in [6, 6.07) is 5.39. The molecule has 1 spiro atoms. The Morgan fingerprint density at radius 1 is 1.26 bits per heavy atom. The van der Waals surface area contributed by atoms with E-state index in [2.05, 4.69) is 10.6 Å². The minimum absolute atomic E-state index is 0.134. The monoisotopic (exact) mass is 376 g/mol. The fourth-order valence-electron chi connectivity index (χ4n) is 3.70. The zero-order valence-electron chi connectivity index (χ0n) is 15.5. The fourth-order valence-corrected chi connectivity index (χ4v) is 3.70. The molecule has 1 aromatic carbocycles. The Bertz CT molecular complexity index is 716. The molecular weight excluding hydrogens is 351 g/mol. The second-order valence-electron chi connectivity index (χ2n) is 7.24. The summed E-state index contributed by atoms with van der Waals surface area (Å²) in [5.74, 6) is -0.449. The second-order valence-corrected chi connectivity index (χ2v) is 7.24. The van der Waals surface area contributed by atoms with E-state index in [4.69, 9.17) is 0 Å². The molecule has 2 aliphatic rings. The molecule has 7 nitrogen and oxygen atoms in total. The van der Waals surface area contributed by atoms with E-state index < -0.39 is 5.54 Å². The number of imide groups is 1. The van der Waals surface area contributed by atoms with Crippen LogP contribution in [0.3, 0.4) is 0 Å². The van der Waals surface area contributed by atoms with Gasteiger partial charge in [0.15, 0.2) is 0 Å². The first-order valence-corrected chi connectivity index (χ1v) is 9.29. The van der Waals surface area contributed by atoms with Crippen LogP contribution in [0, 0.1) is 5.82 Å². The van der Waals surface area contributed by atoms with Gasteiger partial charge in [0.2, 0.25) is 0 Å². The molecule has 27 heavy (non-hydrogen) atoms. The molecule has 0 atom stereocenters. The van der Waals surface area contributed by atoms with E-state index in [-0.39, 0.29) is 30.3 Å². The van der Waals surface area contributed by atoms with E-state index in [1.165, 1.54) is 21.9 Å². The Morgan fingerprint density at radius 3 is 2.59 bits per heavy atom. The third kappa shape index (κ3) is 4.20. The number of halogens is 1. The highest BCUT2D eigenvalue weighted by molar-refractivity contribution is 6.07. The number of amides is 5. The van der Waals surface area contributed by atoms with E-state index in [0.29, 0.717) is 32.4 Å². The lowest BCUT2D eigenvalue weighted by atomic mass is 9.98. The SMILES string of the molecule is CN(Cc1ccc(F)cc1)C(=O)NCCCN1C(=O)NC2(CCCC2)C1=O. The summed E-state index contributed by atoms with van der Waals surface area (Å²) in [5.41, 5.74) is 0.144. The molecule has 2 fully saturated rings. The summed E-state index contributed by atoms with van der Waals surface area (Å²) >= 11 is 0. The summed E-state index contributed by atoms with van der Waals surface area (Å²) in [7, 11) is 1.65. The minimum Gasteiger partial charge on any atom is -0.338 e. The van der Waals surface area contributed by atoms with Crippen LogP contribution in [0.5, 0.6) is 0 Å². The molecule has 5 amide bonds. The van der Waals surface area contributed by atoms with E-state index in [9.17, 15) is 18.8 Å². The highest BCUT2D eigenvalue weighted by Gasteiger charge is 2.51. The fraction of sp³-hybridized carbons (Fsp3) is 0.526. The van der Waals surface area contributed by atoms with Crippen molar-refractivity contribution in [1.82, 2.24) is 20.4 Å². The Balaban J connectivity index is 1.40. The number of rotatable bonds is 6. The first-order valence-electron chi connectivity index (χ1n) is 9.29. The molecule has 0 radical (unpaired) electrons. The largest absolute Gasteiger partial charge is 0.338 e. The maximum absolute atomic E-state index is 12.9. The van der Waals surface area contributed by atoms with Gasteiger partial charge >= 0.3 is 12.1 Å². The smallest absolute Gasteiger partial charge is 0.325 e. The molecule has 2 N–H and O–H groups in total. The average Bonchev–Trinajstić information content (AvgIpc) is 3.20. The summed E-state index contributed by atoms with van der Waals surface area (Å²) < 4.78 is 12.9. The molecule has 3 rings (SSSR count). The number of carbonyl (C=O) groups excluding carboxylic acids is 3. The molecule has 1 saturated heterocycles. The van der Waals surface area contributed by atoms with Gasteiger partial charge in [-0.1, -0.05) is 25.0 Å². The van der Waals surface area contributed by atoms with Crippen LogP contribution in [0.15, 0.2) is 24.3 Å². The highest BCUT2D eigenvalue weighted by Crippen LogP contribution is 2.34. The van der Waals surface area contributed by atoms with Gasteiger partial charge in [0.1, 0.15) is 11.4 Å². The molecule has 0 unspecified atom stereocenters. The average molecular weight is 376 g/mol. The number of urea groups is 2. The van der Waals surface area contributed by atoms with Crippen molar-refractivity contribution in [1.29, 1.82) is 0 Å². The lowest BCUT2D eigenvalue weighted by molar-refractivity contribution is -0.131. The molecule has 1 aliphatic carbocycles. The predicted molar refractivity (Wildman–Crippen MR) is 97.3 cm³/mol. The number of hydrogen-bond donors (Lipinski definition) is 2. The van der Waals surface area contributed by atoms with E-state index in [1.807, 2.05) is 0 Å². The van der Waals surface area contributed by atoms with Gasteiger partial charge in [0.05, 0.1) is 0 Å². The maximum Gasteiger partial charge on any atom is 0.325 e. The van der Waals surface area contributed by atoms with Crippen molar-refractivity contribution < 1.29 is 18.8 Å². The second kappa shape index (κ2) is 7.94. The van der Waals surface area contributed by atoms with Crippen LogP contribution in [0.1, 0.15) is 37.7 Å². The van der Waals surface area contributed by atoms with Crippen LogP contribution in [0.25, 0.3) is 0 Å². The quantitative estimate of drug-likeness (QED) is 0.590. The van der Waals surface area contributed by atoms with Crippen molar-refractivity contribution in [2.45, 2.75) is 44.2 Å². The van der Waals surface area contributed by atoms with Gasteiger partial charge in [-0.2, -0.15) is 0 Å². The molecule has 0 bridgehead atoms. The van der Waals surface area contributed by atoms with Crippen LogP contribution >= 0.6 is 0 Å². The topological polar surface area (TPSA) is 81.8 Å². The number of nitrogens with one attached hydrogen (secondary N) is 2. The predicted octanol–water partition coefficient (Wildman–Crippen LogP) is 2.22. The zero-order chi connectivity index (χ0) is 19.4. The van der Waals surface area contributed by atoms with Gasteiger partial charge in [-0.15, -0.1) is 0 Å². The van der Waals surface area contributed by atoms with E-state index in [0.717, 1.165) is 18.4 Å².